The van der Waals surface area contributed by atoms with Crippen molar-refractivity contribution in [3.05, 3.63) is 0 Å². The quantitative estimate of drug-likeness (QED) is 0.0533. The zero-order chi connectivity index (χ0) is 35.8. The molecular weight excluding hydrogens is 642 g/mol. The zero-order valence-electron chi connectivity index (χ0n) is 27.7. The molecule has 0 unspecified atom stereocenters. The van der Waals surface area contributed by atoms with Crippen molar-refractivity contribution in [2.75, 3.05) is 59.5 Å². The Labute approximate surface area is 279 Å². The van der Waals surface area contributed by atoms with Gasteiger partial charge in [-0.1, -0.05) is 6.42 Å². The van der Waals surface area contributed by atoms with Crippen LogP contribution in [0.1, 0.15) is 39.5 Å². The lowest BCUT2D eigenvalue weighted by atomic mass is 10.0. The first-order chi connectivity index (χ1) is 22.7. The second-order valence-corrected chi connectivity index (χ2v) is 11.8. The summed E-state index contributed by atoms with van der Waals surface area (Å²) in [6.45, 7) is 2.10. The van der Waals surface area contributed by atoms with E-state index in [1.165, 1.54) is 18.7 Å². The molecule has 0 bridgehead atoms. The number of ether oxygens (including phenoxy) is 4. The lowest BCUT2D eigenvalue weighted by Gasteiger charge is -2.38. The maximum Gasteiger partial charge on any atom is 0.234 e. The van der Waals surface area contributed by atoms with Gasteiger partial charge in [0, 0.05) is 33.1 Å². The largest absolute Gasteiger partial charge is 0.388 e. The molecule has 0 spiro atoms. The summed E-state index contributed by atoms with van der Waals surface area (Å²) in [6, 6.07) is 0. The molecule has 0 aromatic heterocycles. The minimum Gasteiger partial charge on any atom is -0.388 e. The van der Waals surface area contributed by atoms with Crippen molar-refractivity contribution in [1.29, 1.82) is 0 Å². The van der Waals surface area contributed by atoms with Crippen molar-refractivity contribution < 1.29 is 68.8 Å². The molecule has 10 atom stereocenters. The van der Waals surface area contributed by atoms with Crippen LogP contribution in [0.25, 0.3) is 0 Å². The summed E-state index contributed by atoms with van der Waals surface area (Å²) < 4.78 is 21.5. The first-order valence-corrected chi connectivity index (χ1v) is 16.1. The number of rotatable bonds is 20. The third-order valence-electron chi connectivity index (χ3n) is 7.81. The van der Waals surface area contributed by atoms with E-state index in [4.69, 9.17) is 18.9 Å². The minimum atomic E-state index is -1.50. The van der Waals surface area contributed by atoms with Gasteiger partial charge in [0.25, 0.3) is 0 Å². The average molecular weight is 696 g/mol. The highest BCUT2D eigenvalue weighted by Gasteiger charge is 2.43. The minimum absolute atomic E-state index is 0.0303. The van der Waals surface area contributed by atoms with Crippen LogP contribution in [-0.4, -0.2) is 180 Å². The predicted molar refractivity (Wildman–Crippen MR) is 165 cm³/mol. The maximum absolute atomic E-state index is 12.7. The molecule has 278 valence electrons. The molecule has 19 nitrogen and oxygen atoms in total. The fraction of sp³-hybridized carbons (Fsp3) is 0.862. The van der Waals surface area contributed by atoms with E-state index < -0.39 is 79.1 Å². The van der Waals surface area contributed by atoms with E-state index in [-0.39, 0.29) is 51.8 Å². The summed E-state index contributed by atoms with van der Waals surface area (Å²) in [5.41, 5.74) is 0. The highest BCUT2D eigenvalue weighted by Crippen LogP contribution is 2.22. The van der Waals surface area contributed by atoms with Gasteiger partial charge in [0.1, 0.15) is 36.6 Å². The molecule has 2 heterocycles. The Balaban J connectivity index is 1.81. The van der Waals surface area contributed by atoms with Crippen molar-refractivity contribution in [2.45, 2.75) is 101 Å². The van der Waals surface area contributed by atoms with Crippen LogP contribution in [0.2, 0.25) is 0 Å². The van der Waals surface area contributed by atoms with Crippen LogP contribution in [-0.2, 0) is 38.1 Å². The van der Waals surface area contributed by atoms with Gasteiger partial charge in [0.15, 0.2) is 12.6 Å². The van der Waals surface area contributed by atoms with E-state index in [1.807, 2.05) is 0 Å². The van der Waals surface area contributed by atoms with E-state index in [1.54, 1.807) is 7.05 Å². The highest BCUT2D eigenvalue weighted by molar-refractivity contribution is 5.84. The summed E-state index contributed by atoms with van der Waals surface area (Å²) in [4.78, 5) is 50.6. The van der Waals surface area contributed by atoms with Gasteiger partial charge in [0.2, 0.25) is 23.6 Å². The molecule has 0 aromatic rings. The summed E-state index contributed by atoms with van der Waals surface area (Å²) in [5.74, 6) is -1.57. The molecule has 19 heteroatoms. The molecule has 2 fully saturated rings. The van der Waals surface area contributed by atoms with E-state index in [0.29, 0.717) is 25.8 Å². The lowest BCUT2D eigenvalue weighted by molar-refractivity contribution is -0.292. The Morgan fingerprint density at radius 2 is 1.00 bits per heavy atom. The fourth-order valence-electron chi connectivity index (χ4n) is 4.92. The second kappa shape index (κ2) is 21.5. The Morgan fingerprint density at radius 1 is 0.583 bits per heavy atom. The van der Waals surface area contributed by atoms with Gasteiger partial charge in [-0.25, -0.2) is 0 Å². The van der Waals surface area contributed by atoms with E-state index in [9.17, 15) is 49.8 Å². The topological polar surface area (TPSA) is 278 Å². The molecule has 10 N–H and O–H groups in total. The number of carbonyl (C=O) groups is 4. The number of aliphatic hydroxyl groups is 6. The van der Waals surface area contributed by atoms with Crippen molar-refractivity contribution in [1.82, 2.24) is 26.2 Å². The first-order valence-electron chi connectivity index (χ1n) is 16.1. The zero-order valence-corrected chi connectivity index (χ0v) is 27.7. The molecule has 0 radical (unpaired) electrons. The van der Waals surface area contributed by atoms with Crippen LogP contribution in [0.15, 0.2) is 0 Å². The van der Waals surface area contributed by atoms with Crippen molar-refractivity contribution in [3.63, 3.8) is 0 Å². The molecule has 2 rings (SSSR count). The van der Waals surface area contributed by atoms with Gasteiger partial charge in [-0.05, 0) is 26.7 Å². The van der Waals surface area contributed by atoms with Crippen molar-refractivity contribution in [3.8, 4) is 0 Å². The number of hydrogen-bond donors (Lipinski definition) is 10. The van der Waals surface area contributed by atoms with Crippen molar-refractivity contribution in [2.24, 2.45) is 0 Å². The lowest BCUT2D eigenvalue weighted by Crippen LogP contribution is -2.57. The second-order valence-electron chi connectivity index (χ2n) is 11.8. The molecule has 0 aliphatic carbocycles. The molecule has 2 aliphatic rings. The Kier molecular flexibility index (Phi) is 18.6. The smallest absolute Gasteiger partial charge is 0.234 e. The van der Waals surface area contributed by atoms with Crippen LogP contribution in [0.5, 0.6) is 0 Å². The molecule has 48 heavy (non-hydrogen) atoms. The van der Waals surface area contributed by atoms with Crippen LogP contribution in [0, 0.1) is 0 Å². The average Bonchev–Trinajstić information content (AvgIpc) is 3.05. The van der Waals surface area contributed by atoms with Crippen LogP contribution in [0.4, 0.5) is 0 Å². The van der Waals surface area contributed by atoms with Gasteiger partial charge in [-0.3, -0.25) is 24.1 Å². The first kappa shape index (κ1) is 41.6. The number of aliphatic hydroxyl groups excluding tert-OH is 6. The third kappa shape index (κ3) is 14.1. The molecule has 4 amide bonds. The summed E-state index contributed by atoms with van der Waals surface area (Å²) in [5, 5.41) is 69.9. The fourth-order valence-corrected chi connectivity index (χ4v) is 4.92. The number of unbranched alkanes of at least 4 members (excludes halogenated alkanes) is 2. The Bertz CT molecular complexity index is 955. The summed E-state index contributed by atoms with van der Waals surface area (Å²) in [7, 11) is 1.56. The molecule has 2 aliphatic heterocycles. The van der Waals surface area contributed by atoms with Gasteiger partial charge in [-0.15, -0.1) is 0 Å². The van der Waals surface area contributed by atoms with Crippen molar-refractivity contribution >= 4 is 23.6 Å². The van der Waals surface area contributed by atoms with Gasteiger partial charge >= 0.3 is 0 Å². The van der Waals surface area contributed by atoms with Gasteiger partial charge in [0.05, 0.1) is 45.1 Å². The third-order valence-corrected chi connectivity index (χ3v) is 7.81. The van der Waals surface area contributed by atoms with Crippen LogP contribution in [0.3, 0.4) is 0 Å². The van der Waals surface area contributed by atoms with Gasteiger partial charge < -0.3 is 70.9 Å². The number of carbonyl (C=O) groups excluding carboxylic acids is 4. The normalized spacial score (nSPS) is 30.5. The summed E-state index contributed by atoms with van der Waals surface area (Å²) >= 11 is 0. The summed E-state index contributed by atoms with van der Waals surface area (Å²) in [6.07, 6.45) is -10.1. The van der Waals surface area contributed by atoms with Gasteiger partial charge in [-0.2, -0.15) is 0 Å². The van der Waals surface area contributed by atoms with E-state index >= 15 is 0 Å². The van der Waals surface area contributed by atoms with E-state index in [2.05, 4.69) is 21.3 Å². The highest BCUT2D eigenvalue weighted by atomic mass is 16.7. The molecule has 0 saturated carbocycles. The standard InChI is InChI=1S/C29H53N5O14/c1-16-22(39)24(41)26(43)28(47-16)45-11-9-32-20(37)14-34(13-19(36)31-8-6-4-5-7-18(35)30-3)15-21(38)33-10-12-46-29-27(44)25(42)23(40)17(2)48-29/h16-17,22-29,39-44H,4-15H2,1-3H3,(H,30,35)(H,31,36)(H,32,37)(H,33,38)/t16-,17-,22+,23+,24+,25+,26-,27-,28+,29+/m0/s1. The molecule has 2 saturated heterocycles. The predicted octanol–water partition coefficient (Wildman–Crippen LogP) is -5.37. The van der Waals surface area contributed by atoms with Crippen LogP contribution < -0.4 is 21.3 Å². The van der Waals surface area contributed by atoms with Crippen LogP contribution >= 0.6 is 0 Å². The Morgan fingerprint density at radius 3 is 1.42 bits per heavy atom. The SMILES string of the molecule is CNC(=O)CCCCCNC(=O)CN(CC(=O)NCCO[C@@H]1O[C@@H](C)[C@@H](O)[C@@H](O)[C@@H]1O)CC(=O)NCCO[C@@H]1O[C@@H](C)[C@@H](O)[C@@H](O)[C@@H]1O. The van der Waals surface area contributed by atoms with E-state index in [0.717, 1.165) is 6.42 Å². The number of nitrogens with zero attached hydrogens (tertiary/aromatic N) is 1. The Hall–Kier alpha value is -2.56. The number of amides is 4. The maximum atomic E-state index is 12.7. The molecular formula is C29H53N5O14. The number of nitrogens with one attached hydrogen (secondary N) is 4. The molecule has 0 aromatic carbocycles. The number of hydrogen-bond acceptors (Lipinski definition) is 15. The monoisotopic (exact) mass is 695 g/mol.